The summed E-state index contributed by atoms with van der Waals surface area (Å²) in [5.41, 5.74) is 19.4. The fourth-order valence-electron chi connectivity index (χ4n) is 9.09. The normalized spacial score (nSPS) is 12.5. The molecule has 1 aromatic heterocycles. The van der Waals surface area contributed by atoms with E-state index < -0.39 is 0 Å². The molecule has 0 N–H and O–H groups in total. The maximum absolute atomic E-state index is 4.72. The first-order valence-electron chi connectivity index (χ1n) is 21.2. The van der Waals surface area contributed by atoms with E-state index in [0.29, 0.717) is 5.82 Å². The number of anilines is 6. The number of unbranched alkanes of at least 4 members (excludes halogenated alkanes) is 2. The van der Waals surface area contributed by atoms with E-state index in [1.54, 1.807) is 12.7 Å². The van der Waals surface area contributed by atoms with E-state index in [9.17, 15) is 0 Å². The van der Waals surface area contributed by atoms with Crippen LogP contribution in [-0.4, -0.2) is 21.7 Å². The van der Waals surface area contributed by atoms with Crippen LogP contribution in [0.4, 0.5) is 34.1 Å². The second-order valence-corrected chi connectivity index (χ2v) is 15.8. The Bertz CT molecular complexity index is 2570. The highest BCUT2D eigenvalue weighted by Gasteiger charge is 2.44. The van der Waals surface area contributed by atoms with Crippen LogP contribution in [-0.2, 0) is 12.8 Å². The Morgan fingerprint density at radius 2 is 0.881 bits per heavy atom. The minimum Gasteiger partial charge on any atom is -0.311 e. The first kappa shape index (κ1) is 36.5. The molecule has 3 heterocycles. The van der Waals surface area contributed by atoms with Crippen LogP contribution in [0, 0.1) is 0 Å². The van der Waals surface area contributed by atoms with Gasteiger partial charge in [0.05, 0.1) is 0 Å². The van der Waals surface area contributed by atoms with Gasteiger partial charge in [-0.2, -0.15) is 0 Å². The minimum atomic E-state index is 0.0255. The van der Waals surface area contributed by atoms with E-state index in [1.165, 1.54) is 61.1 Å². The first-order chi connectivity index (χ1) is 29.2. The molecule has 5 nitrogen and oxygen atoms in total. The number of nitrogens with zero attached hydrogens (tertiary/aromatic N) is 5. The van der Waals surface area contributed by atoms with Crippen LogP contribution in [0.15, 0.2) is 170 Å². The Morgan fingerprint density at radius 1 is 0.441 bits per heavy atom. The molecule has 0 spiro atoms. The summed E-state index contributed by atoms with van der Waals surface area (Å²) in [6.07, 6.45) is 9.90. The average molecular weight is 764 g/mol. The molecule has 8 aromatic rings. The van der Waals surface area contributed by atoms with Gasteiger partial charge in [0.25, 0.3) is 6.71 Å². The van der Waals surface area contributed by atoms with Gasteiger partial charge in [-0.1, -0.05) is 136 Å². The lowest BCUT2D eigenvalue weighted by Crippen LogP contribution is -2.61. The highest BCUT2D eigenvalue weighted by Crippen LogP contribution is 2.46. The molecule has 10 rings (SSSR count). The van der Waals surface area contributed by atoms with Gasteiger partial charge in [-0.3, -0.25) is 0 Å². The van der Waals surface area contributed by atoms with E-state index in [0.717, 1.165) is 66.8 Å². The number of aryl methyl sites for hydroxylation is 2. The Kier molecular flexibility index (Phi) is 9.83. The molecule has 286 valence electrons. The van der Waals surface area contributed by atoms with Gasteiger partial charge >= 0.3 is 0 Å². The largest absolute Gasteiger partial charge is 0.311 e. The smallest absolute Gasteiger partial charge is 0.252 e. The molecule has 6 heteroatoms. The molecule has 0 radical (unpaired) electrons. The fraction of sp³-hybridized carbons (Fsp3) is 0.151. The molecule has 2 aliphatic heterocycles. The number of rotatable bonds is 11. The van der Waals surface area contributed by atoms with E-state index >= 15 is 0 Å². The Balaban J connectivity index is 1.24. The summed E-state index contributed by atoms with van der Waals surface area (Å²) in [6.45, 7) is 4.57. The van der Waals surface area contributed by atoms with Crippen molar-refractivity contribution >= 4 is 57.2 Å². The fourth-order valence-corrected chi connectivity index (χ4v) is 9.09. The van der Waals surface area contributed by atoms with Crippen LogP contribution < -0.4 is 26.2 Å². The summed E-state index contributed by atoms with van der Waals surface area (Å²) >= 11 is 0. The monoisotopic (exact) mass is 763 g/mol. The second kappa shape index (κ2) is 15.9. The standard InChI is InChI=1S/C53H46BN5/c1-3-5-13-37-19-29-46-48(31-37)58(44-25-21-41(22-26-44)39-15-9-7-10-16-39)50-33-43(53-56-35-55-36-57-53)34-51-52(50)54(46)47-30-20-38(14-6-4-2)32-49(47)59(51)45-27-23-42(24-28-45)40-17-11-8-12-18-40/h7-12,15-36H,3-6,13-14H2,1-2H3. The third-order valence-corrected chi connectivity index (χ3v) is 12.1. The molecule has 0 fully saturated rings. The van der Waals surface area contributed by atoms with Crippen molar-refractivity contribution in [1.29, 1.82) is 0 Å². The number of hydrogen-bond donors (Lipinski definition) is 0. The highest BCUT2D eigenvalue weighted by molar-refractivity contribution is 7.00. The van der Waals surface area contributed by atoms with Crippen LogP contribution in [0.2, 0.25) is 0 Å². The van der Waals surface area contributed by atoms with E-state index in [2.05, 4.69) is 186 Å². The van der Waals surface area contributed by atoms with Crippen molar-refractivity contribution in [2.75, 3.05) is 9.80 Å². The third kappa shape index (κ3) is 6.78. The lowest BCUT2D eigenvalue weighted by Gasteiger charge is -2.44. The zero-order chi connectivity index (χ0) is 39.7. The van der Waals surface area contributed by atoms with Crippen LogP contribution in [0.25, 0.3) is 33.6 Å². The van der Waals surface area contributed by atoms with Crippen LogP contribution in [0.1, 0.15) is 50.7 Å². The van der Waals surface area contributed by atoms with Crippen LogP contribution in [0.3, 0.4) is 0 Å². The summed E-state index contributed by atoms with van der Waals surface area (Å²) in [5.74, 6) is 0.652. The number of aromatic nitrogens is 3. The number of hydrogen-bond acceptors (Lipinski definition) is 5. The molecule has 0 unspecified atom stereocenters. The predicted molar refractivity (Wildman–Crippen MR) is 247 cm³/mol. The van der Waals surface area contributed by atoms with E-state index in [1.807, 2.05) is 0 Å². The van der Waals surface area contributed by atoms with Crippen LogP contribution >= 0.6 is 0 Å². The molecule has 7 aromatic carbocycles. The van der Waals surface area contributed by atoms with Crippen molar-refractivity contribution < 1.29 is 0 Å². The van der Waals surface area contributed by atoms with Gasteiger partial charge in [-0.25, -0.2) is 15.0 Å². The van der Waals surface area contributed by atoms with Gasteiger partial charge in [-0.05, 0) is 124 Å². The SMILES string of the molecule is CCCCc1ccc2c(c1)N(c1ccc(-c3ccccc3)cc1)c1cc(-c3ncncn3)cc3c1B2c1ccc(CCCC)cc1N3c1ccc(-c2ccccc2)cc1. The summed E-state index contributed by atoms with van der Waals surface area (Å²) in [6, 6.07) is 58.5. The molecule has 0 amide bonds. The molecule has 0 saturated heterocycles. The lowest BCUT2D eigenvalue weighted by atomic mass is 9.33. The van der Waals surface area contributed by atoms with Gasteiger partial charge in [-0.15, -0.1) is 0 Å². The third-order valence-electron chi connectivity index (χ3n) is 12.1. The van der Waals surface area contributed by atoms with Gasteiger partial charge < -0.3 is 9.80 Å². The zero-order valence-electron chi connectivity index (χ0n) is 33.7. The number of benzene rings is 7. The molecule has 2 aliphatic rings. The Labute approximate surface area is 348 Å². The van der Waals surface area contributed by atoms with Crippen LogP contribution in [0.5, 0.6) is 0 Å². The summed E-state index contributed by atoms with van der Waals surface area (Å²) in [5, 5.41) is 0. The predicted octanol–water partition coefficient (Wildman–Crippen LogP) is 11.6. The maximum Gasteiger partial charge on any atom is 0.252 e. The summed E-state index contributed by atoms with van der Waals surface area (Å²) < 4.78 is 0. The number of fused-ring (bicyclic) bond motifs is 4. The van der Waals surface area contributed by atoms with E-state index in [-0.39, 0.29) is 6.71 Å². The Morgan fingerprint density at radius 3 is 1.32 bits per heavy atom. The molecule has 59 heavy (non-hydrogen) atoms. The minimum absolute atomic E-state index is 0.0255. The van der Waals surface area contributed by atoms with Gasteiger partial charge in [0.2, 0.25) is 0 Å². The maximum atomic E-state index is 4.72. The van der Waals surface area contributed by atoms with Crippen molar-refractivity contribution in [3.05, 3.63) is 182 Å². The zero-order valence-corrected chi connectivity index (χ0v) is 33.7. The lowest BCUT2D eigenvalue weighted by molar-refractivity contribution is 0.795. The Hall–Kier alpha value is -6.79. The molecule has 0 saturated carbocycles. The average Bonchev–Trinajstić information content (AvgIpc) is 3.31. The van der Waals surface area contributed by atoms with Gasteiger partial charge in [0.15, 0.2) is 5.82 Å². The van der Waals surface area contributed by atoms with Crippen molar-refractivity contribution in [1.82, 2.24) is 15.0 Å². The van der Waals surface area contributed by atoms with E-state index in [4.69, 9.17) is 9.97 Å². The summed E-state index contributed by atoms with van der Waals surface area (Å²) in [7, 11) is 0. The second-order valence-electron chi connectivity index (χ2n) is 15.8. The first-order valence-corrected chi connectivity index (χ1v) is 21.2. The molecule has 0 atom stereocenters. The van der Waals surface area contributed by atoms with Crippen molar-refractivity contribution in [3.63, 3.8) is 0 Å². The highest BCUT2D eigenvalue weighted by atomic mass is 15.2. The van der Waals surface area contributed by atoms with Gasteiger partial charge in [0, 0.05) is 39.7 Å². The van der Waals surface area contributed by atoms with Crippen molar-refractivity contribution in [3.8, 4) is 33.6 Å². The van der Waals surface area contributed by atoms with Crippen molar-refractivity contribution in [2.24, 2.45) is 0 Å². The molecular weight excluding hydrogens is 717 g/mol. The summed E-state index contributed by atoms with van der Waals surface area (Å²) in [4.78, 5) is 18.6. The quantitative estimate of drug-likeness (QED) is 0.123. The molecular formula is C53H46BN5. The molecule has 0 bridgehead atoms. The molecule has 0 aliphatic carbocycles. The van der Waals surface area contributed by atoms with Gasteiger partial charge in [0.1, 0.15) is 12.7 Å². The van der Waals surface area contributed by atoms with Crippen molar-refractivity contribution in [2.45, 2.75) is 52.4 Å². The topological polar surface area (TPSA) is 45.2 Å².